The van der Waals surface area contributed by atoms with Gasteiger partial charge >= 0.3 is 0 Å². The molecular weight excluding hydrogens is 230 g/mol. The summed E-state index contributed by atoms with van der Waals surface area (Å²) in [7, 11) is 0. The van der Waals surface area contributed by atoms with Crippen molar-refractivity contribution in [2.75, 3.05) is 18.5 Å². The highest BCUT2D eigenvalue weighted by Gasteiger charge is 2.38. The number of hydrogen-bond acceptors (Lipinski definition) is 4. The molecule has 0 bridgehead atoms. The van der Waals surface area contributed by atoms with Crippen molar-refractivity contribution in [3.05, 3.63) is 23.4 Å². The molecule has 1 aliphatic heterocycles. The van der Waals surface area contributed by atoms with E-state index < -0.39 is 5.54 Å². The molecule has 1 amide bonds. The molecule has 0 radical (unpaired) electrons. The van der Waals surface area contributed by atoms with E-state index in [4.69, 9.17) is 22.1 Å². The Balaban J connectivity index is 2.04. The van der Waals surface area contributed by atoms with E-state index >= 15 is 0 Å². The Labute approximate surface area is 97.9 Å². The number of ether oxygens (including phenoxy) is 1. The van der Waals surface area contributed by atoms with Crippen LogP contribution in [0, 0.1) is 0 Å². The minimum absolute atomic E-state index is 0.242. The number of nitrogens with zero attached hydrogens (tertiary/aromatic N) is 1. The molecule has 3 N–H and O–H groups in total. The fraction of sp³-hybridized carbons (Fsp3) is 0.400. The van der Waals surface area contributed by atoms with Gasteiger partial charge in [0.2, 0.25) is 5.91 Å². The van der Waals surface area contributed by atoms with Gasteiger partial charge < -0.3 is 15.8 Å². The summed E-state index contributed by atoms with van der Waals surface area (Å²) in [6.45, 7) is 0.754. The normalized spacial score (nSPS) is 24.4. The van der Waals surface area contributed by atoms with E-state index in [9.17, 15) is 4.79 Å². The number of carbonyl (C=O) groups excluding carboxylic acids is 1. The van der Waals surface area contributed by atoms with Gasteiger partial charge in [0, 0.05) is 12.8 Å². The van der Waals surface area contributed by atoms with Crippen LogP contribution >= 0.6 is 11.6 Å². The van der Waals surface area contributed by atoms with Gasteiger partial charge in [0.05, 0.1) is 11.6 Å². The van der Waals surface area contributed by atoms with E-state index in [-0.39, 0.29) is 12.5 Å². The summed E-state index contributed by atoms with van der Waals surface area (Å²) in [6.07, 6.45) is 1.98. The number of amides is 1. The minimum Gasteiger partial charge on any atom is -0.379 e. The van der Waals surface area contributed by atoms with Crippen LogP contribution < -0.4 is 11.1 Å². The first kappa shape index (κ1) is 11.3. The summed E-state index contributed by atoms with van der Waals surface area (Å²) in [5, 5.41) is 3.16. The van der Waals surface area contributed by atoms with Crippen LogP contribution in [0.15, 0.2) is 18.3 Å². The molecule has 5 nitrogen and oxygen atoms in total. The Morgan fingerprint density at radius 2 is 2.44 bits per heavy atom. The maximum absolute atomic E-state index is 11.8. The van der Waals surface area contributed by atoms with Crippen molar-refractivity contribution in [1.82, 2.24) is 4.98 Å². The number of carbonyl (C=O) groups is 1. The molecule has 0 aliphatic carbocycles. The molecule has 0 saturated carbocycles. The highest BCUT2D eigenvalue weighted by molar-refractivity contribution is 6.30. The minimum atomic E-state index is -0.943. The monoisotopic (exact) mass is 241 g/mol. The predicted octanol–water partition coefficient (Wildman–Crippen LogP) is 0.791. The molecule has 0 aromatic carbocycles. The average molecular weight is 242 g/mol. The van der Waals surface area contributed by atoms with Crippen molar-refractivity contribution >= 4 is 23.3 Å². The third-order valence-corrected chi connectivity index (χ3v) is 2.70. The molecule has 1 unspecified atom stereocenters. The van der Waals surface area contributed by atoms with Gasteiger partial charge in [-0.15, -0.1) is 0 Å². The van der Waals surface area contributed by atoms with Gasteiger partial charge in [0.25, 0.3) is 0 Å². The lowest BCUT2D eigenvalue weighted by atomic mass is 9.99. The van der Waals surface area contributed by atoms with Crippen molar-refractivity contribution in [2.45, 2.75) is 12.0 Å². The van der Waals surface area contributed by atoms with Gasteiger partial charge in [-0.2, -0.15) is 0 Å². The van der Waals surface area contributed by atoms with Crippen LogP contribution in [0.4, 0.5) is 5.82 Å². The van der Waals surface area contributed by atoms with Crippen molar-refractivity contribution in [1.29, 1.82) is 0 Å². The van der Waals surface area contributed by atoms with Gasteiger partial charge in [0.1, 0.15) is 11.4 Å². The van der Waals surface area contributed by atoms with Crippen LogP contribution in [0.3, 0.4) is 0 Å². The Bertz CT molecular complexity index is 388. The number of rotatable bonds is 2. The van der Waals surface area contributed by atoms with Crippen LogP contribution in [-0.2, 0) is 9.53 Å². The quantitative estimate of drug-likeness (QED) is 0.803. The molecule has 0 spiro atoms. The van der Waals surface area contributed by atoms with Crippen molar-refractivity contribution in [2.24, 2.45) is 5.73 Å². The van der Waals surface area contributed by atoms with Crippen LogP contribution in [0.25, 0.3) is 0 Å². The van der Waals surface area contributed by atoms with Crippen LogP contribution in [0.1, 0.15) is 6.42 Å². The summed E-state index contributed by atoms with van der Waals surface area (Å²) >= 11 is 5.68. The van der Waals surface area contributed by atoms with Crippen LogP contribution in [0.5, 0.6) is 0 Å². The van der Waals surface area contributed by atoms with Crippen LogP contribution in [-0.4, -0.2) is 29.6 Å². The molecule has 2 heterocycles. The first-order chi connectivity index (χ1) is 7.60. The summed E-state index contributed by atoms with van der Waals surface area (Å²) in [5.41, 5.74) is 4.95. The number of nitrogens with two attached hydrogens (primary N) is 1. The molecule has 1 aromatic rings. The second kappa shape index (κ2) is 4.37. The number of pyridine rings is 1. The number of anilines is 1. The van der Waals surface area contributed by atoms with Gasteiger partial charge in [-0.1, -0.05) is 11.6 Å². The molecule has 1 saturated heterocycles. The molecule has 16 heavy (non-hydrogen) atoms. The van der Waals surface area contributed by atoms with E-state index in [0.29, 0.717) is 23.9 Å². The molecular formula is C10H12ClN3O2. The lowest BCUT2D eigenvalue weighted by Crippen LogP contribution is -2.51. The smallest absolute Gasteiger partial charge is 0.248 e. The Hall–Kier alpha value is -1.17. The maximum atomic E-state index is 11.8. The molecule has 1 aromatic heterocycles. The average Bonchev–Trinajstić information content (AvgIpc) is 2.70. The highest BCUT2D eigenvalue weighted by atomic mass is 35.5. The fourth-order valence-corrected chi connectivity index (χ4v) is 1.56. The van der Waals surface area contributed by atoms with Crippen molar-refractivity contribution in [3.8, 4) is 0 Å². The second-order valence-electron chi connectivity index (χ2n) is 3.77. The van der Waals surface area contributed by atoms with Gasteiger partial charge in [-0.25, -0.2) is 4.98 Å². The fourth-order valence-electron chi connectivity index (χ4n) is 1.45. The molecule has 2 rings (SSSR count). The highest BCUT2D eigenvalue weighted by Crippen LogP contribution is 2.18. The third-order valence-electron chi connectivity index (χ3n) is 2.47. The molecule has 1 atom stereocenters. The van der Waals surface area contributed by atoms with E-state index in [1.807, 2.05) is 0 Å². The van der Waals surface area contributed by atoms with Crippen molar-refractivity contribution < 1.29 is 9.53 Å². The van der Waals surface area contributed by atoms with Gasteiger partial charge in [-0.3, -0.25) is 4.79 Å². The standard InChI is InChI=1S/C10H12ClN3O2/c11-7-1-2-8(13-5-7)14-9(15)10(12)3-4-16-6-10/h1-2,5H,3-4,6,12H2,(H,13,14,15). The molecule has 86 valence electrons. The maximum Gasteiger partial charge on any atom is 0.248 e. The second-order valence-corrected chi connectivity index (χ2v) is 4.21. The summed E-state index contributed by atoms with van der Waals surface area (Å²) in [5.74, 6) is 0.158. The lowest BCUT2D eigenvalue weighted by Gasteiger charge is -2.20. The zero-order chi connectivity index (χ0) is 11.6. The van der Waals surface area contributed by atoms with E-state index in [1.54, 1.807) is 12.1 Å². The van der Waals surface area contributed by atoms with E-state index in [0.717, 1.165) is 0 Å². The summed E-state index contributed by atoms with van der Waals surface area (Å²) in [6, 6.07) is 3.28. The van der Waals surface area contributed by atoms with Gasteiger partial charge in [0.15, 0.2) is 0 Å². The Morgan fingerprint density at radius 3 is 3.00 bits per heavy atom. The SMILES string of the molecule is NC1(C(=O)Nc2ccc(Cl)cn2)CCOC1. The van der Waals surface area contributed by atoms with Crippen molar-refractivity contribution in [3.63, 3.8) is 0 Å². The Kier molecular flexibility index (Phi) is 3.09. The van der Waals surface area contributed by atoms with Crippen LogP contribution in [0.2, 0.25) is 5.02 Å². The number of nitrogens with one attached hydrogen (secondary N) is 1. The molecule has 6 heteroatoms. The topological polar surface area (TPSA) is 77.2 Å². The number of aromatic nitrogens is 1. The number of hydrogen-bond donors (Lipinski definition) is 2. The summed E-state index contributed by atoms with van der Waals surface area (Å²) < 4.78 is 5.11. The first-order valence-corrected chi connectivity index (χ1v) is 5.28. The Morgan fingerprint density at radius 1 is 1.62 bits per heavy atom. The largest absolute Gasteiger partial charge is 0.379 e. The van der Waals surface area contributed by atoms with Gasteiger partial charge in [-0.05, 0) is 18.6 Å². The number of halogens is 1. The van der Waals surface area contributed by atoms with E-state index in [2.05, 4.69) is 10.3 Å². The van der Waals surface area contributed by atoms with E-state index in [1.165, 1.54) is 6.20 Å². The zero-order valence-corrected chi connectivity index (χ0v) is 9.33. The third kappa shape index (κ3) is 2.32. The zero-order valence-electron chi connectivity index (χ0n) is 8.57. The predicted molar refractivity (Wildman–Crippen MR) is 60.2 cm³/mol. The summed E-state index contributed by atoms with van der Waals surface area (Å²) in [4.78, 5) is 15.8. The molecule has 1 aliphatic rings. The molecule has 1 fully saturated rings. The lowest BCUT2D eigenvalue weighted by molar-refractivity contribution is -0.121. The first-order valence-electron chi connectivity index (χ1n) is 4.90.